The minimum atomic E-state index is -0.325. The average molecular weight is 544 g/mol. The first-order chi connectivity index (χ1) is 18.7. The first-order valence-electron chi connectivity index (χ1n) is 13.1. The third kappa shape index (κ3) is 5.72. The lowest BCUT2D eigenvalue weighted by Crippen LogP contribution is -2.40. The molecule has 1 saturated carbocycles. The van der Waals surface area contributed by atoms with E-state index < -0.39 is 0 Å². The summed E-state index contributed by atoms with van der Waals surface area (Å²) in [6.45, 7) is 13.5. The molecule has 39 heavy (non-hydrogen) atoms. The van der Waals surface area contributed by atoms with Gasteiger partial charge in [-0.2, -0.15) is 10.4 Å². The van der Waals surface area contributed by atoms with E-state index >= 15 is 0 Å². The number of fused-ring (bicyclic) bond motifs is 1. The fourth-order valence-corrected chi connectivity index (χ4v) is 4.78. The van der Waals surface area contributed by atoms with Crippen LogP contribution in [0.1, 0.15) is 51.8 Å². The summed E-state index contributed by atoms with van der Waals surface area (Å²) in [5.74, 6) is 0. The zero-order chi connectivity index (χ0) is 27.7. The first kappa shape index (κ1) is 26.6. The Morgan fingerprint density at radius 3 is 2.85 bits per heavy atom. The lowest BCUT2D eigenvalue weighted by Gasteiger charge is -2.24. The third-order valence-corrected chi connectivity index (χ3v) is 6.94. The topological polar surface area (TPSA) is 106 Å². The summed E-state index contributed by atoms with van der Waals surface area (Å²) < 4.78 is 1.81. The Bertz CT molecular complexity index is 1500. The highest BCUT2D eigenvalue weighted by Gasteiger charge is 2.33. The fraction of sp³-hybridized carbons (Fsp3) is 0.345. The van der Waals surface area contributed by atoms with Crippen molar-refractivity contribution < 1.29 is 0 Å². The largest absolute Gasteiger partial charge is 0.383 e. The summed E-state index contributed by atoms with van der Waals surface area (Å²) in [6, 6.07) is 8.24. The zero-order valence-corrected chi connectivity index (χ0v) is 23.5. The molecule has 1 aromatic carbocycles. The molecule has 9 nitrogen and oxygen atoms in total. The Hall–Kier alpha value is -4.00. The molecule has 1 fully saturated rings. The SMILES string of the molecule is C=C(c1ccnn1/C=C\C)[C@H](Nc1cc(Cl)c2ncc(C#N)c(NCC(C)(C)C)c2c1)C1=CN(C2CC2)NN1. The molecule has 1 aliphatic heterocycles. The summed E-state index contributed by atoms with van der Waals surface area (Å²) >= 11 is 6.77. The Labute approximate surface area is 234 Å². The molecule has 3 aromatic rings. The number of halogens is 1. The van der Waals surface area contributed by atoms with E-state index in [9.17, 15) is 5.26 Å². The van der Waals surface area contributed by atoms with Crippen LogP contribution in [0.25, 0.3) is 22.7 Å². The van der Waals surface area contributed by atoms with E-state index in [0.29, 0.717) is 28.7 Å². The summed E-state index contributed by atoms with van der Waals surface area (Å²) in [5.41, 5.74) is 11.8. The number of nitrogens with zero attached hydrogens (tertiary/aromatic N) is 5. The third-order valence-electron chi connectivity index (χ3n) is 6.65. The van der Waals surface area contributed by atoms with Crippen molar-refractivity contribution in [3.63, 3.8) is 0 Å². The zero-order valence-electron chi connectivity index (χ0n) is 22.7. The maximum Gasteiger partial charge on any atom is 0.103 e. The van der Waals surface area contributed by atoms with E-state index in [0.717, 1.165) is 46.6 Å². The molecule has 0 saturated heterocycles. The van der Waals surface area contributed by atoms with Gasteiger partial charge in [0.05, 0.1) is 39.2 Å². The lowest BCUT2D eigenvalue weighted by molar-refractivity contribution is 0.261. The van der Waals surface area contributed by atoms with Crippen molar-refractivity contribution >= 4 is 45.7 Å². The van der Waals surface area contributed by atoms with Crippen molar-refractivity contribution in [2.75, 3.05) is 17.2 Å². The Morgan fingerprint density at radius 2 is 2.15 bits per heavy atom. The molecule has 0 bridgehead atoms. The second kappa shape index (κ2) is 10.6. The Morgan fingerprint density at radius 1 is 1.36 bits per heavy atom. The number of anilines is 2. The molecule has 1 aliphatic carbocycles. The summed E-state index contributed by atoms with van der Waals surface area (Å²) in [6.07, 6.45) is 11.6. The van der Waals surface area contributed by atoms with Crippen LogP contribution in [0.5, 0.6) is 0 Å². The van der Waals surface area contributed by atoms with Crippen molar-refractivity contribution in [1.29, 1.82) is 5.26 Å². The van der Waals surface area contributed by atoms with Crippen molar-refractivity contribution in [1.82, 2.24) is 30.7 Å². The maximum absolute atomic E-state index is 9.83. The van der Waals surface area contributed by atoms with Gasteiger partial charge in [-0.1, -0.05) is 45.0 Å². The molecular weight excluding hydrogens is 510 g/mol. The number of nitrogens with one attached hydrogen (secondary N) is 4. The van der Waals surface area contributed by atoms with Gasteiger partial charge < -0.3 is 16.1 Å². The molecule has 5 rings (SSSR count). The number of hydrogen-bond acceptors (Lipinski definition) is 8. The van der Waals surface area contributed by atoms with Gasteiger partial charge in [0.1, 0.15) is 6.07 Å². The van der Waals surface area contributed by atoms with E-state index in [2.05, 4.69) is 76.3 Å². The van der Waals surface area contributed by atoms with Crippen LogP contribution in [0, 0.1) is 16.7 Å². The van der Waals surface area contributed by atoms with Crippen LogP contribution < -0.4 is 21.6 Å². The van der Waals surface area contributed by atoms with E-state index in [4.69, 9.17) is 11.6 Å². The molecule has 0 radical (unpaired) electrons. The van der Waals surface area contributed by atoms with Crippen LogP contribution in [0.4, 0.5) is 11.4 Å². The van der Waals surface area contributed by atoms with Crippen LogP contribution >= 0.6 is 11.6 Å². The van der Waals surface area contributed by atoms with Crippen molar-refractivity contribution in [2.24, 2.45) is 5.41 Å². The van der Waals surface area contributed by atoms with Crippen molar-refractivity contribution in [3.8, 4) is 6.07 Å². The molecule has 1 atom stereocenters. The number of nitriles is 1. The van der Waals surface area contributed by atoms with Gasteiger partial charge in [-0.3, -0.25) is 9.99 Å². The quantitative estimate of drug-likeness (QED) is 0.271. The van der Waals surface area contributed by atoms with E-state index in [1.165, 1.54) is 0 Å². The minimum absolute atomic E-state index is 0.0156. The highest BCUT2D eigenvalue weighted by molar-refractivity contribution is 6.35. The predicted molar refractivity (Wildman–Crippen MR) is 158 cm³/mol. The van der Waals surface area contributed by atoms with Crippen molar-refractivity contribution in [3.05, 3.63) is 71.4 Å². The summed E-state index contributed by atoms with van der Waals surface area (Å²) in [4.78, 5) is 4.50. The summed E-state index contributed by atoms with van der Waals surface area (Å²) in [7, 11) is 0. The van der Waals surface area contributed by atoms with E-state index in [1.807, 2.05) is 42.1 Å². The van der Waals surface area contributed by atoms with Gasteiger partial charge in [-0.05, 0) is 49.0 Å². The van der Waals surface area contributed by atoms with Crippen LogP contribution in [0.15, 0.2) is 55.1 Å². The molecule has 10 heteroatoms. The van der Waals surface area contributed by atoms with Gasteiger partial charge in [0.25, 0.3) is 0 Å². The average Bonchev–Trinajstić information content (AvgIpc) is 3.44. The molecule has 0 amide bonds. The summed E-state index contributed by atoms with van der Waals surface area (Å²) in [5, 5.41) is 24.8. The number of rotatable bonds is 9. The second-order valence-corrected chi connectivity index (χ2v) is 11.5. The fourth-order valence-electron chi connectivity index (χ4n) is 4.51. The highest BCUT2D eigenvalue weighted by Crippen LogP contribution is 2.36. The van der Waals surface area contributed by atoms with Gasteiger partial charge in [-0.25, -0.2) is 4.68 Å². The number of aromatic nitrogens is 3. The van der Waals surface area contributed by atoms with Crippen LogP contribution in [-0.4, -0.2) is 38.4 Å². The Balaban J connectivity index is 1.56. The monoisotopic (exact) mass is 543 g/mol. The second-order valence-electron chi connectivity index (χ2n) is 11.1. The maximum atomic E-state index is 9.83. The van der Waals surface area contributed by atoms with Gasteiger partial charge in [0.15, 0.2) is 0 Å². The molecule has 202 valence electrons. The number of hydrogen-bond donors (Lipinski definition) is 4. The van der Waals surface area contributed by atoms with Crippen molar-refractivity contribution in [2.45, 2.75) is 52.6 Å². The van der Waals surface area contributed by atoms with Gasteiger partial charge in [-0.15, -0.1) is 5.53 Å². The smallest absolute Gasteiger partial charge is 0.103 e. The van der Waals surface area contributed by atoms with Crippen LogP contribution in [0.2, 0.25) is 5.02 Å². The highest BCUT2D eigenvalue weighted by atomic mass is 35.5. The Kier molecular flexibility index (Phi) is 7.25. The predicted octanol–water partition coefficient (Wildman–Crippen LogP) is 5.73. The van der Waals surface area contributed by atoms with Gasteiger partial charge >= 0.3 is 0 Å². The number of allylic oxidation sites excluding steroid dienone is 1. The molecule has 0 unspecified atom stereocenters. The number of benzene rings is 1. The van der Waals surface area contributed by atoms with Crippen LogP contribution in [-0.2, 0) is 0 Å². The van der Waals surface area contributed by atoms with Gasteiger partial charge in [0, 0.05) is 48.5 Å². The molecule has 0 spiro atoms. The van der Waals surface area contributed by atoms with Gasteiger partial charge in [0.2, 0.25) is 0 Å². The van der Waals surface area contributed by atoms with E-state index in [1.54, 1.807) is 12.4 Å². The van der Waals surface area contributed by atoms with E-state index in [-0.39, 0.29) is 11.5 Å². The number of hydrazine groups is 2. The van der Waals surface area contributed by atoms with Crippen LogP contribution in [0.3, 0.4) is 0 Å². The lowest BCUT2D eigenvalue weighted by atomic mass is 9.96. The molecule has 2 aliphatic rings. The molecular formula is C29H34ClN9. The minimum Gasteiger partial charge on any atom is -0.383 e. The standard InChI is InChI=1S/C29H34ClN9/c1-6-11-38-25(9-10-34-38)18(2)26(24-16-39(37-36-24)21-7-8-21)35-20-12-22-27(33-17-29(3,4)5)19(14-31)15-32-28(22)23(30)13-20/h6,9-13,15-16,21,26,35-37H,2,7-8,17H2,1,3-5H3,(H,32,33)/b11-6-/t26-/m0/s1. The normalized spacial score (nSPS) is 16.2. The number of pyridine rings is 1. The first-order valence-corrected chi connectivity index (χ1v) is 13.5. The molecule has 2 aromatic heterocycles. The molecule has 3 heterocycles. The molecule has 4 N–H and O–H groups in total.